The highest BCUT2D eigenvalue weighted by Gasteiger charge is 1.92. The van der Waals surface area contributed by atoms with Gasteiger partial charge in [-0.1, -0.05) is 24.3 Å². The zero-order chi connectivity index (χ0) is 11.4. The highest BCUT2D eigenvalue weighted by molar-refractivity contribution is 5.85. The molecule has 0 spiro atoms. The molecule has 1 aromatic carbocycles. The summed E-state index contributed by atoms with van der Waals surface area (Å²) in [7, 11) is 0. The van der Waals surface area contributed by atoms with Crippen LogP contribution in [-0.2, 0) is 0 Å². The average molecular weight is 251 g/mol. The number of pyridine rings is 1. The number of aromatic nitrogens is 1. The zero-order valence-corrected chi connectivity index (χ0v) is 9.82. The molecule has 2 nitrogen and oxygen atoms in total. The SMILES string of the molecule is Cl.Nc1cccc(/C=C/c2cccc(F)c2)n1. The van der Waals surface area contributed by atoms with Crippen molar-refractivity contribution in [2.24, 2.45) is 0 Å². The van der Waals surface area contributed by atoms with E-state index in [0.29, 0.717) is 5.82 Å². The van der Waals surface area contributed by atoms with Gasteiger partial charge in [-0.25, -0.2) is 9.37 Å². The Bertz CT molecular complexity index is 479. The van der Waals surface area contributed by atoms with E-state index in [2.05, 4.69) is 4.98 Å². The summed E-state index contributed by atoms with van der Waals surface area (Å²) in [4.78, 5) is 4.11. The lowest BCUT2D eigenvalue weighted by molar-refractivity contribution is 0.627. The molecule has 88 valence electrons. The summed E-state index contributed by atoms with van der Waals surface area (Å²) in [5, 5.41) is 0. The van der Waals surface area contributed by atoms with Crippen LogP contribution < -0.4 is 5.73 Å². The molecule has 0 radical (unpaired) electrons. The topological polar surface area (TPSA) is 38.9 Å². The van der Waals surface area contributed by atoms with Crippen LogP contribution in [0.3, 0.4) is 0 Å². The molecule has 0 aliphatic carbocycles. The first-order valence-electron chi connectivity index (χ1n) is 4.90. The zero-order valence-electron chi connectivity index (χ0n) is 9.01. The Morgan fingerprint density at radius 1 is 1.06 bits per heavy atom. The molecule has 0 unspecified atom stereocenters. The summed E-state index contributed by atoms with van der Waals surface area (Å²) in [5.74, 6) is 0.226. The first kappa shape index (κ1) is 13.2. The lowest BCUT2D eigenvalue weighted by atomic mass is 10.2. The van der Waals surface area contributed by atoms with Crippen molar-refractivity contribution in [3.8, 4) is 0 Å². The summed E-state index contributed by atoms with van der Waals surface area (Å²) in [5.41, 5.74) is 7.10. The third-order valence-corrected chi connectivity index (χ3v) is 2.09. The number of hydrogen-bond acceptors (Lipinski definition) is 2. The van der Waals surface area contributed by atoms with Crippen molar-refractivity contribution in [2.45, 2.75) is 0 Å². The molecule has 0 amide bonds. The fourth-order valence-corrected chi connectivity index (χ4v) is 1.35. The van der Waals surface area contributed by atoms with Crippen LogP contribution in [0.15, 0.2) is 42.5 Å². The van der Waals surface area contributed by atoms with Crippen LogP contribution >= 0.6 is 12.4 Å². The van der Waals surface area contributed by atoms with Crippen molar-refractivity contribution in [3.05, 3.63) is 59.5 Å². The Morgan fingerprint density at radius 3 is 2.53 bits per heavy atom. The maximum atomic E-state index is 12.9. The van der Waals surface area contributed by atoms with E-state index in [9.17, 15) is 4.39 Å². The molecule has 2 N–H and O–H groups in total. The number of nitrogen functional groups attached to an aromatic ring is 1. The molecule has 2 rings (SSSR count). The number of benzene rings is 1. The van der Waals surface area contributed by atoms with Crippen LogP contribution in [-0.4, -0.2) is 4.98 Å². The van der Waals surface area contributed by atoms with Crippen LogP contribution in [0.25, 0.3) is 12.2 Å². The van der Waals surface area contributed by atoms with Gasteiger partial charge in [-0.3, -0.25) is 0 Å². The minimum absolute atomic E-state index is 0. The van der Waals surface area contributed by atoms with Gasteiger partial charge in [0.25, 0.3) is 0 Å². The van der Waals surface area contributed by atoms with Crippen LogP contribution in [0.4, 0.5) is 10.2 Å². The predicted molar refractivity (Wildman–Crippen MR) is 71.2 cm³/mol. The molecule has 1 aromatic heterocycles. The van der Waals surface area contributed by atoms with E-state index in [-0.39, 0.29) is 18.2 Å². The van der Waals surface area contributed by atoms with Gasteiger partial charge in [0, 0.05) is 0 Å². The van der Waals surface area contributed by atoms with Gasteiger partial charge >= 0.3 is 0 Å². The second-order valence-electron chi connectivity index (χ2n) is 3.38. The fourth-order valence-electron chi connectivity index (χ4n) is 1.35. The van der Waals surface area contributed by atoms with Crippen molar-refractivity contribution in [1.29, 1.82) is 0 Å². The molecule has 17 heavy (non-hydrogen) atoms. The lowest BCUT2D eigenvalue weighted by Gasteiger charge is -1.95. The standard InChI is InChI=1S/C13H11FN2.ClH/c14-11-4-1-3-10(9-11)7-8-12-5-2-6-13(15)16-12;/h1-9H,(H2,15,16);1H/b8-7+;. The van der Waals surface area contributed by atoms with Gasteiger partial charge in [0.2, 0.25) is 0 Å². The number of anilines is 1. The molecule has 1 heterocycles. The molecular formula is C13H12ClFN2. The largest absolute Gasteiger partial charge is 0.384 e. The molecule has 0 aliphatic rings. The van der Waals surface area contributed by atoms with Crippen LogP contribution in [0, 0.1) is 5.82 Å². The van der Waals surface area contributed by atoms with Crippen molar-refractivity contribution < 1.29 is 4.39 Å². The van der Waals surface area contributed by atoms with E-state index in [0.717, 1.165) is 11.3 Å². The first-order valence-corrected chi connectivity index (χ1v) is 4.90. The molecule has 0 atom stereocenters. The number of rotatable bonds is 2. The Balaban J connectivity index is 0.00000144. The van der Waals surface area contributed by atoms with Gasteiger partial charge < -0.3 is 5.73 Å². The van der Waals surface area contributed by atoms with E-state index in [1.165, 1.54) is 12.1 Å². The highest BCUT2D eigenvalue weighted by Crippen LogP contribution is 2.09. The van der Waals surface area contributed by atoms with Gasteiger partial charge in [-0.2, -0.15) is 0 Å². The highest BCUT2D eigenvalue weighted by atomic mass is 35.5. The maximum absolute atomic E-state index is 12.9. The second kappa shape index (κ2) is 6.01. The molecule has 0 fully saturated rings. The third-order valence-electron chi connectivity index (χ3n) is 2.09. The van der Waals surface area contributed by atoms with Gasteiger partial charge in [0.15, 0.2) is 0 Å². The molecule has 4 heteroatoms. The quantitative estimate of drug-likeness (QED) is 0.887. The van der Waals surface area contributed by atoms with Gasteiger partial charge in [0.1, 0.15) is 11.6 Å². The molecular weight excluding hydrogens is 239 g/mol. The van der Waals surface area contributed by atoms with Gasteiger partial charge in [-0.15, -0.1) is 12.4 Å². The second-order valence-corrected chi connectivity index (χ2v) is 3.38. The average Bonchev–Trinajstić information content (AvgIpc) is 2.27. The number of halogens is 2. The molecule has 2 aromatic rings. The fraction of sp³-hybridized carbons (Fsp3) is 0. The lowest BCUT2D eigenvalue weighted by Crippen LogP contribution is -1.90. The molecule has 0 aliphatic heterocycles. The normalized spacial score (nSPS) is 10.2. The Labute approximate surface area is 105 Å². The Morgan fingerprint density at radius 2 is 1.82 bits per heavy atom. The third kappa shape index (κ3) is 3.89. The summed E-state index contributed by atoms with van der Waals surface area (Å²) in [6, 6.07) is 11.8. The van der Waals surface area contributed by atoms with Crippen molar-refractivity contribution in [1.82, 2.24) is 4.98 Å². The number of nitrogens with two attached hydrogens (primary N) is 1. The first-order chi connectivity index (χ1) is 7.74. The number of hydrogen-bond donors (Lipinski definition) is 1. The minimum atomic E-state index is -0.248. The maximum Gasteiger partial charge on any atom is 0.124 e. The molecule has 0 bridgehead atoms. The smallest absolute Gasteiger partial charge is 0.124 e. The number of nitrogens with zero attached hydrogens (tertiary/aromatic N) is 1. The molecule has 0 saturated heterocycles. The summed E-state index contributed by atoms with van der Waals surface area (Å²) < 4.78 is 12.9. The van der Waals surface area contributed by atoms with E-state index in [1.807, 2.05) is 18.2 Å². The summed E-state index contributed by atoms with van der Waals surface area (Å²) in [6.45, 7) is 0. The monoisotopic (exact) mass is 250 g/mol. The Kier molecular flexibility index (Phi) is 4.67. The van der Waals surface area contributed by atoms with Crippen molar-refractivity contribution >= 4 is 30.4 Å². The van der Waals surface area contributed by atoms with E-state index in [1.54, 1.807) is 24.3 Å². The van der Waals surface area contributed by atoms with Crippen LogP contribution in [0.2, 0.25) is 0 Å². The van der Waals surface area contributed by atoms with Crippen LogP contribution in [0.1, 0.15) is 11.3 Å². The Hall–Kier alpha value is -1.87. The van der Waals surface area contributed by atoms with E-state index >= 15 is 0 Å². The summed E-state index contributed by atoms with van der Waals surface area (Å²) >= 11 is 0. The van der Waals surface area contributed by atoms with Crippen molar-refractivity contribution in [3.63, 3.8) is 0 Å². The van der Waals surface area contributed by atoms with Crippen molar-refractivity contribution in [2.75, 3.05) is 5.73 Å². The van der Waals surface area contributed by atoms with Gasteiger partial charge in [0.05, 0.1) is 5.69 Å². The minimum Gasteiger partial charge on any atom is -0.384 e. The molecule has 0 saturated carbocycles. The van der Waals surface area contributed by atoms with Gasteiger partial charge in [-0.05, 0) is 35.9 Å². The predicted octanol–water partition coefficient (Wildman–Crippen LogP) is 3.40. The van der Waals surface area contributed by atoms with E-state index in [4.69, 9.17) is 5.73 Å². The van der Waals surface area contributed by atoms with E-state index < -0.39 is 0 Å². The van der Waals surface area contributed by atoms with Crippen LogP contribution in [0.5, 0.6) is 0 Å². The summed E-state index contributed by atoms with van der Waals surface area (Å²) in [6.07, 6.45) is 3.59.